The number of rotatable bonds is 8. The second kappa shape index (κ2) is 10.4. The van der Waals surface area contributed by atoms with Crippen molar-refractivity contribution in [1.82, 2.24) is 15.1 Å². The summed E-state index contributed by atoms with van der Waals surface area (Å²) in [5, 5.41) is 5.13. The maximum Gasteiger partial charge on any atom is 0.254 e. The number of thiophene rings is 1. The van der Waals surface area contributed by atoms with Gasteiger partial charge in [-0.3, -0.25) is 14.5 Å². The topological polar surface area (TPSA) is 71.1 Å². The van der Waals surface area contributed by atoms with E-state index < -0.39 is 5.92 Å². The molecule has 2 aromatic rings. The molecule has 0 spiro atoms. The van der Waals surface area contributed by atoms with Crippen molar-refractivity contribution >= 4 is 23.2 Å². The average Bonchev–Trinajstić information content (AvgIpc) is 3.33. The number of morpholine rings is 1. The molecule has 2 aliphatic rings. The van der Waals surface area contributed by atoms with Gasteiger partial charge in [-0.1, -0.05) is 24.3 Å². The molecule has 31 heavy (non-hydrogen) atoms. The molecule has 2 amide bonds. The number of nitrogens with zero attached hydrogens (tertiary/aromatic N) is 2. The van der Waals surface area contributed by atoms with Crippen LogP contribution < -0.4 is 5.32 Å². The van der Waals surface area contributed by atoms with Crippen LogP contribution in [0.4, 0.5) is 0 Å². The Morgan fingerprint density at radius 1 is 1.19 bits per heavy atom. The zero-order chi connectivity index (χ0) is 21.6. The van der Waals surface area contributed by atoms with Crippen molar-refractivity contribution < 1.29 is 19.1 Å². The highest BCUT2D eigenvalue weighted by atomic mass is 32.1. The number of carbonyl (C=O) groups is 2. The van der Waals surface area contributed by atoms with E-state index in [0.29, 0.717) is 25.3 Å². The van der Waals surface area contributed by atoms with E-state index in [9.17, 15) is 9.59 Å². The summed E-state index contributed by atoms with van der Waals surface area (Å²) in [7, 11) is 1.62. The highest BCUT2D eigenvalue weighted by Gasteiger charge is 2.44. The molecule has 1 aromatic heterocycles. The SMILES string of the molecule is COCCN1C(=O)c2ccccc2C(C(=O)NCCN2CCOCC2)C1c1cccs1. The molecule has 3 heterocycles. The van der Waals surface area contributed by atoms with Crippen LogP contribution in [-0.2, 0) is 14.3 Å². The number of ether oxygens (including phenoxy) is 2. The van der Waals surface area contributed by atoms with E-state index in [2.05, 4.69) is 10.2 Å². The Hall–Kier alpha value is -2.26. The number of hydrogen-bond donors (Lipinski definition) is 1. The molecule has 4 rings (SSSR count). The van der Waals surface area contributed by atoms with Crippen LogP contribution in [0.3, 0.4) is 0 Å². The number of methoxy groups -OCH3 is 1. The Balaban J connectivity index is 1.60. The molecule has 0 bridgehead atoms. The predicted octanol–water partition coefficient (Wildman–Crippen LogP) is 2.12. The highest BCUT2D eigenvalue weighted by Crippen LogP contribution is 2.44. The summed E-state index contributed by atoms with van der Waals surface area (Å²) in [6.45, 7) is 5.46. The molecule has 1 aromatic carbocycles. The molecule has 2 atom stereocenters. The lowest BCUT2D eigenvalue weighted by Gasteiger charge is -2.41. The van der Waals surface area contributed by atoms with E-state index in [-0.39, 0.29) is 17.9 Å². The van der Waals surface area contributed by atoms with Crippen LogP contribution in [-0.4, -0.2) is 81.3 Å². The number of fused-ring (bicyclic) bond motifs is 1. The molecule has 1 saturated heterocycles. The van der Waals surface area contributed by atoms with Gasteiger partial charge in [0.25, 0.3) is 5.91 Å². The van der Waals surface area contributed by atoms with Gasteiger partial charge in [0.1, 0.15) is 0 Å². The van der Waals surface area contributed by atoms with Crippen LogP contribution in [0, 0.1) is 0 Å². The second-order valence-corrected chi connectivity index (χ2v) is 8.74. The first-order valence-corrected chi connectivity index (χ1v) is 11.6. The van der Waals surface area contributed by atoms with Gasteiger partial charge in [-0.25, -0.2) is 0 Å². The van der Waals surface area contributed by atoms with Crippen molar-refractivity contribution in [3.05, 3.63) is 57.8 Å². The summed E-state index contributed by atoms with van der Waals surface area (Å²) in [4.78, 5) is 32.0. The lowest BCUT2D eigenvalue weighted by Crippen LogP contribution is -2.49. The Kier molecular flexibility index (Phi) is 7.34. The van der Waals surface area contributed by atoms with E-state index in [1.165, 1.54) is 0 Å². The maximum absolute atomic E-state index is 13.5. The molecule has 2 aliphatic heterocycles. The van der Waals surface area contributed by atoms with E-state index in [1.54, 1.807) is 23.3 Å². The Bertz CT molecular complexity index is 883. The van der Waals surface area contributed by atoms with Crippen molar-refractivity contribution in [2.24, 2.45) is 0 Å². The molecule has 2 unspecified atom stereocenters. The van der Waals surface area contributed by atoms with Crippen LogP contribution >= 0.6 is 11.3 Å². The summed E-state index contributed by atoms with van der Waals surface area (Å²) < 4.78 is 10.7. The minimum atomic E-state index is -0.464. The van der Waals surface area contributed by atoms with Crippen LogP contribution in [0.2, 0.25) is 0 Å². The van der Waals surface area contributed by atoms with Gasteiger partial charge >= 0.3 is 0 Å². The summed E-state index contributed by atoms with van der Waals surface area (Å²) in [5.74, 6) is -0.563. The average molecular weight is 444 g/mol. The summed E-state index contributed by atoms with van der Waals surface area (Å²) in [5.41, 5.74) is 1.39. The highest BCUT2D eigenvalue weighted by molar-refractivity contribution is 7.10. The van der Waals surface area contributed by atoms with Gasteiger partial charge in [-0.15, -0.1) is 11.3 Å². The minimum absolute atomic E-state index is 0.0472. The third-order valence-electron chi connectivity index (χ3n) is 5.92. The minimum Gasteiger partial charge on any atom is -0.383 e. The summed E-state index contributed by atoms with van der Waals surface area (Å²) >= 11 is 1.57. The monoisotopic (exact) mass is 443 g/mol. The van der Waals surface area contributed by atoms with Crippen molar-refractivity contribution in [1.29, 1.82) is 0 Å². The summed E-state index contributed by atoms with van der Waals surface area (Å²) in [6.07, 6.45) is 0. The number of hydrogen-bond acceptors (Lipinski definition) is 6. The lowest BCUT2D eigenvalue weighted by atomic mass is 9.81. The predicted molar refractivity (Wildman–Crippen MR) is 119 cm³/mol. The molecular formula is C23H29N3O4S. The maximum atomic E-state index is 13.5. The zero-order valence-corrected chi connectivity index (χ0v) is 18.6. The van der Waals surface area contributed by atoms with Crippen LogP contribution in [0.25, 0.3) is 0 Å². The van der Waals surface area contributed by atoms with Crippen LogP contribution in [0.5, 0.6) is 0 Å². The first-order chi connectivity index (χ1) is 15.2. The van der Waals surface area contributed by atoms with Gasteiger partial charge in [0.2, 0.25) is 5.91 Å². The molecule has 166 valence electrons. The van der Waals surface area contributed by atoms with Crippen LogP contribution in [0.15, 0.2) is 41.8 Å². The number of benzene rings is 1. The first kappa shape index (κ1) is 22.0. The Morgan fingerprint density at radius 3 is 2.74 bits per heavy atom. The standard InChI is InChI=1S/C23H29N3O4S/c1-29-13-12-26-21(19-7-4-16-31-19)20(17-5-2-3-6-18(17)23(26)28)22(27)24-8-9-25-10-14-30-15-11-25/h2-7,16,20-21H,8-15H2,1H3,(H,24,27). The number of amides is 2. The molecular weight excluding hydrogens is 414 g/mol. The Morgan fingerprint density at radius 2 is 2.00 bits per heavy atom. The van der Waals surface area contributed by atoms with Crippen molar-refractivity contribution in [2.45, 2.75) is 12.0 Å². The van der Waals surface area contributed by atoms with Gasteiger partial charge < -0.3 is 19.7 Å². The van der Waals surface area contributed by atoms with Gasteiger partial charge in [0, 0.05) is 50.3 Å². The third-order valence-corrected chi connectivity index (χ3v) is 6.87. The molecule has 0 saturated carbocycles. The molecule has 0 aliphatic carbocycles. The quantitative estimate of drug-likeness (QED) is 0.677. The molecule has 0 radical (unpaired) electrons. The molecule has 8 heteroatoms. The fourth-order valence-corrected chi connectivity index (χ4v) is 5.23. The van der Waals surface area contributed by atoms with Gasteiger partial charge in [-0.2, -0.15) is 0 Å². The third kappa shape index (κ3) is 4.82. The number of nitrogens with one attached hydrogen (secondary N) is 1. The van der Waals surface area contributed by atoms with Crippen LogP contribution in [0.1, 0.15) is 32.8 Å². The smallest absolute Gasteiger partial charge is 0.254 e. The fraction of sp³-hybridized carbons (Fsp3) is 0.478. The van der Waals surface area contributed by atoms with Crippen molar-refractivity contribution in [2.75, 3.05) is 59.7 Å². The van der Waals surface area contributed by atoms with Crippen molar-refractivity contribution in [3.63, 3.8) is 0 Å². The number of carbonyl (C=O) groups excluding carboxylic acids is 2. The molecule has 7 nitrogen and oxygen atoms in total. The summed E-state index contributed by atoms with van der Waals surface area (Å²) in [6, 6.07) is 11.1. The Labute approximate surface area is 186 Å². The van der Waals surface area contributed by atoms with E-state index in [4.69, 9.17) is 9.47 Å². The van der Waals surface area contributed by atoms with Gasteiger partial charge in [-0.05, 0) is 23.1 Å². The van der Waals surface area contributed by atoms with Crippen molar-refractivity contribution in [3.8, 4) is 0 Å². The fourth-order valence-electron chi connectivity index (χ4n) is 4.36. The van der Waals surface area contributed by atoms with E-state index >= 15 is 0 Å². The second-order valence-electron chi connectivity index (χ2n) is 7.76. The normalized spacial score (nSPS) is 21.7. The van der Waals surface area contributed by atoms with E-state index in [0.717, 1.165) is 43.3 Å². The largest absolute Gasteiger partial charge is 0.383 e. The van der Waals surface area contributed by atoms with Gasteiger partial charge in [0.15, 0.2) is 0 Å². The molecule has 1 N–H and O–H groups in total. The zero-order valence-electron chi connectivity index (χ0n) is 17.8. The van der Waals surface area contributed by atoms with E-state index in [1.807, 2.05) is 41.8 Å². The first-order valence-electron chi connectivity index (χ1n) is 10.7. The molecule has 1 fully saturated rings. The lowest BCUT2D eigenvalue weighted by molar-refractivity contribution is -0.124. The van der Waals surface area contributed by atoms with Gasteiger partial charge in [0.05, 0.1) is 31.8 Å².